The van der Waals surface area contributed by atoms with Crippen molar-refractivity contribution in [3.8, 4) is 44.9 Å². The summed E-state index contributed by atoms with van der Waals surface area (Å²) < 4.78 is 0. The fourth-order valence-corrected chi connectivity index (χ4v) is 7.71. The van der Waals surface area contributed by atoms with E-state index in [0.29, 0.717) is 0 Å². The summed E-state index contributed by atoms with van der Waals surface area (Å²) in [6.07, 6.45) is 14.5. The van der Waals surface area contributed by atoms with Crippen molar-refractivity contribution in [1.82, 2.24) is 19.9 Å². The number of aromatic nitrogens is 4. The van der Waals surface area contributed by atoms with E-state index in [1.807, 2.05) is 25.5 Å². The molecule has 4 heteroatoms. The third-order valence-electron chi connectivity index (χ3n) is 10.1. The van der Waals surface area contributed by atoms with Crippen molar-refractivity contribution in [1.29, 1.82) is 0 Å². The van der Waals surface area contributed by atoms with Gasteiger partial charge in [0.15, 0.2) is 0 Å². The molecular formula is C49H36N4. The summed E-state index contributed by atoms with van der Waals surface area (Å²) in [5.74, 6) is 0. The minimum atomic E-state index is 0.873. The molecule has 0 spiro atoms. The van der Waals surface area contributed by atoms with Gasteiger partial charge in [0.1, 0.15) is 0 Å². The Morgan fingerprint density at radius 2 is 1.02 bits per heavy atom. The van der Waals surface area contributed by atoms with Crippen LogP contribution in [0.1, 0.15) is 20.3 Å². The highest BCUT2D eigenvalue weighted by atomic mass is 14.8. The second-order valence-corrected chi connectivity index (χ2v) is 13.3. The molecule has 7 aromatic carbocycles. The number of allylic oxidation sites excluding steroid dienone is 2. The molecule has 4 nitrogen and oxygen atoms in total. The summed E-state index contributed by atoms with van der Waals surface area (Å²) in [6.45, 7) is 4.16. The predicted molar refractivity (Wildman–Crippen MR) is 223 cm³/mol. The van der Waals surface area contributed by atoms with Crippen molar-refractivity contribution in [2.75, 3.05) is 0 Å². The van der Waals surface area contributed by atoms with Gasteiger partial charge < -0.3 is 0 Å². The molecule has 3 heterocycles. The lowest BCUT2D eigenvalue weighted by Gasteiger charge is -2.17. The number of fused-ring (bicyclic) bond motifs is 2. The molecule has 53 heavy (non-hydrogen) atoms. The molecular weight excluding hydrogens is 645 g/mol. The summed E-state index contributed by atoms with van der Waals surface area (Å²) in [4.78, 5) is 18.9. The van der Waals surface area contributed by atoms with Crippen LogP contribution in [0.15, 0.2) is 171 Å². The number of pyridine rings is 2. The van der Waals surface area contributed by atoms with Crippen LogP contribution >= 0.6 is 0 Å². The molecule has 0 aliphatic carbocycles. The molecule has 0 aliphatic rings. The van der Waals surface area contributed by atoms with Crippen LogP contribution in [0.2, 0.25) is 0 Å². The van der Waals surface area contributed by atoms with Crippen molar-refractivity contribution >= 4 is 53.9 Å². The molecule has 0 saturated carbocycles. The van der Waals surface area contributed by atoms with Crippen LogP contribution < -0.4 is 0 Å². The molecule has 0 fully saturated rings. The van der Waals surface area contributed by atoms with Crippen LogP contribution in [-0.2, 0) is 0 Å². The monoisotopic (exact) mass is 680 g/mol. The van der Waals surface area contributed by atoms with Crippen molar-refractivity contribution < 1.29 is 0 Å². The van der Waals surface area contributed by atoms with Crippen molar-refractivity contribution in [3.63, 3.8) is 0 Å². The minimum absolute atomic E-state index is 0.873. The first kappa shape index (κ1) is 32.1. The zero-order chi connectivity index (χ0) is 35.7. The number of nitrogens with zero attached hydrogens (tertiary/aromatic N) is 4. The van der Waals surface area contributed by atoms with Gasteiger partial charge in [0, 0.05) is 52.3 Å². The van der Waals surface area contributed by atoms with Crippen molar-refractivity contribution in [3.05, 3.63) is 171 Å². The molecule has 0 unspecified atom stereocenters. The zero-order valence-corrected chi connectivity index (χ0v) is 29.7. The number of hydrogen-bond acceptors (Lipinski definition) is 4. The largest absolute Gasteiger partial charge is 0.261 e. The summed E-state index contributed by atoms with van der Waals surface area (Å²) >= 11 is 0. The summed E-state index contributed by atoms with van der Waals surface area (Å²) in [5.41, 5.74) is 8.30. The minimum Gasteiger partial charge on any atom is -0.261 e. The zero-order valence-electron chi connectivity index (χ0n) is 29.7. The molecule has 0 radical (unpaired) electrons. The molecule has 0 amide bonds. The van der Waals surface area contributed by atoms with Crippen LogP contribution in [0, 0.1) is 0 Å². The van der Waals surface area contributed by atoms with Gasteiger partial charge in [-0.1, -0.05) is 116 Å². The van der Waals surface area contributed by atoms with Gasteiger partial charge >= 0.3 is 0 Å². The lowest BCUT2D eigenvalue weighted by atomic mass is 9.87. The molecule has 0 saturated heterocycles. The Bertz CT molecular complexity index is 2840. The Kier molecular flexibility index (Phi) is 8.33. The Morgan fingerprint density at radius 1 is 0.472 bits per heavy atom. The van der Waals surface area contributed by atoms with Crippen LogP contribution in [0.3, 0.4) is 0 Å². The first-order chi connectivity index (χ1) is 26.2. The molecule has 0 atom stereocenters. The number of rotatable bonds is 5. The summed E-state index contributed by atoms with van der Waals surface area (Å²) in [6, 6.07) is 45.8. The van der Waals surface area contributed by atoms with E-state index in [9.17, 15) is 0 Å². The highest BCUT2D eigenvalue weighted by molar-refractivity contribution is 6.27. The maximum absolute atomic E-state index is 4.95. The molecule has 10 aromatic rings. The van der Waals surface area contributed by atoms with E-state index >= 15 is 0 Å². The van der Waals surface area contributed by atoms with Gasteiger partial charge in [-0.3, -0.25) is 19.9 Å². The van der Waals surface area contributed by atoms with Crippen LogP contribution in [0.5, 0.6) is 0 Å². The van der Waals surface area contributed by atoms with Gasteiger partial charge in [-0.15, -0.1) is 0 Å². The molecule has 3 aromatic heterocycles. The van der Waals surface area contributed by atoms with Crippen molar-refractivity contribution in [2.45, 2.75) is 20.3 Å². The first-order valence-corrected chi connectivity index (χ1v) is 18.1. The van der Waals surface area contributed by atoms with E-state index in [2.05, 4.69) is 156 Å². The van der Waals surface area contributed by atoms with Gasteiger partial charge in [-0.05, 0) is 97.9 Å². The Hall–Kier alpha value is -6.78. The molecule has 0 N–H and O–H groups in total. The Labute approximate surface area is 308 Å². The average Bonchev–Trinajstić information content (AvgIpc) is 3.23. The lowest BCUT2D eigenvalue weighted by molar-refractivity contribution is 1.21. The van der Waals surface area contributed by atoms with E-state index in [0.717, 1.165) is 56.5 Å². The fourth-order valence-electron chi connectivity index (χ4n) is 7.71. The maximum Gasteiger partial charge on any atom is 0.0891 e. The van der Waals surface area contributed by atoms with Gasteiger partial charge in [0.05, 0.1) is 23.3 Å². The van der Waals surface area contributed by atoms with E-state index in [1.54, 1.807) is 12.4 Å². The predicted octanol–water partition coefficient (Wildman–Crippen LogP) is 13.1. The fraction of sp³-hybridized carbons (Fsp3) is 0.0612. The van der Waals surface area contributed by atoms with Crippen molar-refractivity contribution in [2.24, 2.45) is 0 Å². The number of hydrogen-bond donors (Lipinski definition) is 0. The van der Waals surface area contributed by atoms with E-state index in [1.165, 1.54) is 48.7 Å². The standard InChI is InChI=1S/C44H26N4.C5H10/c1-3-7-35-27(5-1)17-19-47-43(35)32-23-31(24-33(25-32)44-36-8-4-2-6-28(36)18-20-48-44)34-13-9-29-12-16-39-37(40-26-45-21-22-46-40)14-10-30-11-15-38(34)41(29)42(30)39;1-3-5-4-2/h1-26H;3,5H,4H2,1-2H3/b;5-3-. The quantitative estimate of drug-likeness (QED) is 0.134. The molecule has 0 bridgehead atoms. The van der Waals surface area contributed by atoms with E-state index < -0.39 is 0 Å². The molecule has 252 valence electrons. The Morgan fingerprint density at radius 3 is 1.57 bits per heavy atom. The van der Waals surface area contributed by atoms with Gasteiger partial charge in [0.2, 0.25) is 0 Å². The SMILES string of the molecule is C/C=C\CC.c1ccc2c(-c3cc(-c4nccc5ccccc45)cc(-c4ccc5ccc6c(-c7cnccn7)ccc7ccc4c5c76)c3)nccc2c1. The highest BCUT2D eigenvalue weighted by Gasteiger charge is 2.18. The smallest absolute Gasteiger partial charge is 0.0891 e. The van der Waals surface area contributed by atoms with Gasteiger partial charge in [-0.25, -0.2) is 0 Å². The van der Waals surface area contributed by atoms with E-state index in [-0.39, 0.29) is 0 Å². The van der Waals surface area contributed by atoms with Gasteiger partial charge in [-0.2, -0.15) is 0 Å². The summed E-state index contributed by atoms with van der Waals surface area (Å²) in [7, 11) is 0. The normalized spacial score (nSPS) is 11.6. The highest BCUT2D eigenvalue weighted by Crippen LogP contribution is 2.44. The first-order valence-electron chi connectivity index (χ1n) is 18.1. The Balaban J connectivity index is 0.000000700. The van der Waals surface area contributed by atoms with Gasteiger partial charge in [0.25, 0.3) is 0 Å². The average molecular weight is 681 g/mol. The van der Waals surface area contributed by atoms with Crippen LogP contribution in [-0.4, -0.2) is 19.9 Å². The van der Waals surface area contributed by atoms with E-state index in [4.69, 9.17) is 9.97 Å². The molecule has 10 rings (SSSR count). The second kappa shape index (κ2) is 13.7. The molecule has 0 aliphatic heterocycles. The topological polar surface area (TPSA) is 51.6 Å². The third-order valence-corrected chi connectivity index (χ3v) is 10.1. The van der Waals surface area contributed by atoms with Crippen LogP contribution in [0.25, 0.3) is 98.8 Å². The number of benzene rings is 7. The maximum atomic E-state index is 4.95. The summed E-state index contributed by atoms with van der Waals surface area (Å²) in [5, 5.41) is 11.9. The second-order valence-electron chi connectivity index (χ2n) is 13.3. The third kappa shape index (κ3) is 5.75. The van der Waals surface area contributed by atoms with Crippen LogP contribution in [0.4, 0.5) is 0 Å². The lowest BCUT2D eigenvalue weighted by Crippen LogP contribution is -1.93.